The molecule has 2 unspecified atom stereocenters. The van der Waals surface area contributed by atoms with Gasteiger partial charge in [0.2, 0.25) is 0 Å². The van der Waals surface area contributed by atoms with E-state index in [9.17, 15) is 5.11 Å². The Hall–Kier alpha value is -0.540. The maximum absolute atomic E-state index is 9.92. The van der Waals surface area contributed by atoms with Crippen LogP contribution in [-0.4, -0.2) is 30.4 Å². The minimum absolute atomic E-state index is 0.207. The van der Waals surface area contributed by atoms with Gasteiger partial charge in [0, 0.05) is 12.5 Å². The molecule has 1 saturated heterocycles. The maximum atomic E-state index is 9.92. The number of rotatable bonds is 2. The first kappa shape index (κ1) is 9.03. The molecule has 0 aromatic carbocycles. The van der Waals surface area contributed by atoms with Gasteiger partial charge < -0.3 is 15.2 Å². The number of hydrogen-bond acceptors (Lipinski definition) is 3. The van der Waals surface area contributed by atoms with E-state index >= 15 is 0 Å². The van der Waals surface area contributed by atoms with Gasteiger partial charge in [-0.15, -0.1) is 0 Å². The number of ether oxygens (including phenoxy) is 1. The van der Waals surface area contributed by atoms with Crippen molar-refractivity contribution in [2.24, 2.45) is 0 Å². The second kappa shape index (κ2) is 4.11. The van der Waals surface area contributed by atoms with Crippen molar-refractivity contribution in [1.82, 2.24) is 5.32 Å². The smallest absolute Gasteiger partial charge is 0.126 e. The van der Waals surface area contributed by atoms with Crippen molar-refractivity contribution in [2.75, 3.05) is 13.2 Å². The molecule has 0 amide bonds. The van der Waals surface area contributed by atoms with Crippen LogP contribution in [-0.2, 0) is 4.74 Å². The molecule has 2 heterocycles. The predicted octanol–water partition coefficient (Wildman–Crippen LogP) is 0.794. The van der Waals surface area contributed by atoms with E-state index in [1.54, 1.807) is 0 Å². The summed E-state index contributed by atoms with van der Waals surface area (Å²) >= 11 is 0. The maximum Gasteiger partial charge on any atom is 0.126 e. The van der Waals surface area contributed by atoms with Crippen molar-refractivity contribution in [3.63, 3.8) is 0 Å². The molecule has 0 spiro atoms. The lowest BCUT2D eigenvalue weighted by Gasteiger charge is -2.28. The van der Waals surface area contributed by atoms with Crippen molar-refractivity contribution >= 4 is 0 Å². The molecule has 2 aliphatic rings. The first-order chi connectivity index (χ1) is 6.38. The average Bonchev–Trinajstić information content (AvgIpc) is 2.71. The summed E-state index contributed by atoms with van der Waals surface area (Å²) < 4.78 is 5.34. The van der Waals surface area contributed by atoms with Gasteiger partial charge in [-0.05, 0) is 25.5 Å². The number of aliphatic hydroxyl groups excluding tert-OH is 1. The summed E-state index contributed by atoms with van der Waals surface area (Å²) in [6.07, 6.45) is 6.01. The Balaban J connectivity index is 1.90. The Morgan fingerprint density at radius 3 is 3.08 bits per heavy atom. The summed E-state index contributed by atoms with van der Waals surface area (Å²) in [7, 11) is 0. The lowest BCUT2D eigenvalue weighted by atomic mass is 9.99. The van der Waals surface area contributed by atoms with Crippen molar-refractivity contribution < 1.29 is 9.84 Å². The number of nitrogens with one attached hydrogen (secondary N) is 1. The minimum Gasteiger partial charge on any atom is -0.495 e. The van der Waals surface area contributed by atoms with Gasteiger partial charge in [0.15, 0.2) is 0 Å². The lowest BCUT2D eigenvalue weighted by Crippen LogP contribution is -2.44. The molecule has 0 saturated carbocycles. The fraction of sp³-hybridized carbons (Fsp3) is 0.800. The summed E-state index contributed by atoms with van der Waals surface area (Å²) in [6.45, 7) is 1.76. The molecule has 0 aliphatic carbocycles. The molecule has 2 aliphatic heterocycles. The van der Waals surface area contributed by atoms with Crippen molar-refractivity contribution in [1.29, 1.82) is 0 Å². The molecule has 2 atom stereocenters. The average molecular weight is 183 g/mol. The summed E-state index contributed by atoms with van der Waals surface area (Å²) in [6, 6.07) is 0.207. The van der Waals surface area contributed by atoms with Crippen LogP contribution in [0.15, 0.2) is 11.8 Å². The summed E-state index contributed by atoms with van der Waals surface area (Å²) in [5, 5.41) is 13.2. The Labute approximate surface area is 78.8 Å². The number of hydrogen-bond donors (Lipinski definition) is 2. The van der Waals surface area contributed by atoms with Crippen LogP contribution in [0.4, 0.5) is 0 Å². The summed E-state index contributed by atoms with van der Waals surface area (Å²) in [5.74, 6) is 0.777. The normalized spacial score (nSPS) is 30.8. The zero-order valence-corrected chi connectivity index (χ0v) is 7.83. The minimum atomic E-state index is -0.428. The fourth-order valence-electron chi connectivity index (χ4n) is 1.99. The van der Waals surface area contributed by atoms with Gasteiger partial charge in [-0.25, -0.2) is 0 Å². The van der Waals surface area contributed by atoms with Crippen LogP contribution in [0.1, 0.15) is 25.7 Å². The van der Waals surface area contributed by atoms with Gasteiger partial charge in [-0.2, -0.15) is 0 Å². The monoisotopic (exact) mass is 183 g/mol. The zero-order chi connectivity index (χ0) is 9.10. The van der Waals surface area contributed by atoms with Gasteiger partial charge in [0.1, 0.15) is 11.9 Å². The lowest BCUT2D eigenvalue weighted by molar-refractivity contribution is 0.0796. The largest absolute Gasteiger partial charge is 0.495 e. The molecule has 2 N–H and O–H groups in total. The van der Waals surface area contributed by atoms with Crippen molar-refractivity contribution in [3.8, 4) is 0 Å². The van der Waals surface area contributed by atoms with E-state index in [2.05, 4.69) is 5.32 Å². The van der Waals surface area contributed by atoms with Crippen LogP contribution in [0.5, 0.6) is 0 Å². The highest BCUT2D eigenvalue weighted by atomic mass is 16.5. The van der Waals surface area contributed by atoms with E-state index in [0.717, 1.165) is 31.8 Å². The highest BCUT2D eigenvalue weighted by molar-refractivity contribution is 5.07. The molecule has 74 valence electrons. The summed E-state index contributed by atoms with van der Waals surface area (Å²) in [4.78, 5) is 0. The molecular formula is C10H17NO2. The third kappa shape index (κ3) is 2.03. The summed E-state index contributed by atoms with van der Waals surface area (Å²) in [5.41, 5.74) is 0. The van der Waals surface area contributed by atoms with Gasteiger partial charge >= 0.3 is 0 Å². The van der Waals surface area contributed by atoms with Gasteiger partial charge in [-0.1, -0.05) is 6.42 Å². The molecule has 0 radical (unpaired) electrons. The highest BCUT2D eigenvalue weighted by Crippen LogP contribution is 2.20. The molecule has 2 rings (SSSR count). The Kier molecular flexibility index (Phi) is 2.86. The molecule has 1 fully saturated rings. The van der Waals surface area contributed by atoms with E-state index in [4.69, 9.17) is 4.74 Å². The first-order valence-electron chi connectivity index (χ1n) is 5.12. The van der Waals surface area contributed by atoms with E-state index in [0.29, 0.717) is 0 Å². The third-order valence-electron chi connectivity index (χ3n) is 2.75. The van der Waals surface area contributed by atoms with Gasteiger partial charge in [0.25, 0.3) is 0 Å². The quantitative estimate of drug-likeness (QED) is 0.665. The van der Waals surface area contributed by atoms with Gasteiger partial charge in [-0.3, -0.25) is 0 Å². The topological polar surface area (TPSA) is 41.5 Å². The second-order valence-electron chi connectivity index (χ2n) is 3.74. The number of piperidine rings is 1. The van der Waals surface area contributed by atoms with Crippen LogP contribution in [0.2, 0.25) is 0 Å². The molecule has 3 nitrogen and oxygen atoms in total. The molecule has 0 aromatic heterocycles. The van der Waals surface area contributed by atoms with Crippen molar-refractivity contribution in [3.05, 3.63) is 11.8 Å². The fourth-order valence-corrected chi connectivity index (χ4v) is 1.99. The van der Waals surface area contributed by atoms with Crippen LogP contribution >= 0.6 is 0 Å². The molecule has 0 bridgehead atoms. The SMILES string of the molecule is OC(C1=CCCO1)C1CCCCN1. The van der Waals surface area contributed by atoms with E-state index in [-0.39, 0.29) is 6.04 Å². The second-order valence-corrected chi connectivity index (χ2v) is 3.74. The Morgan fingerprint density at radius 1 is 1.54 bits per heavy atom. The van der Waals surface area contributed by atoms with E-state index < -0.39 is 6.10 Å². The van der Waals surface area contributed by atoms with Crippen molar-refractivity contribution in [2.45, 2.75) is 37.8 Å². The number of aliphatic hydroxyl groups is 1. The van der Waals surface area contributed by atoms with Crippen LogP contribution in [0, 0.1) is 0 Å². The van der Waals surface area contributed by atoms with Crippen LogP contribution in [0.25, 0.3) is 0 Å². The molecular weight excluding hydrogens is 166 g/mol. The molecule has 3 heteroatoms. The van der Waals surface area contributed by atoms with Gasteiger partial charge in [0.05, 0.1) is 6.61 Å². The highest BCUT2D eigenvalue weighted by Gasteiger charge is 2.26. The zero-order valence-electron chi connectivity index (χ0n) is 7.83. The first-order valence-corrected chi connectivity index (χ1v) is 5.12. The Morgan fingerprint density at radius 2 is 2.46 bits per heavy atom. The van der Waals surface area contributed by atoms with Crippen LogP contribution < -0.4 is 5.32 Å². The van der Waals surface area contributed by atoms with E-state index in [1.807, 2.05) is 6.08 Å². The molecule has 13 heavy (non-hydrogen) atoms. The van der Waals surface area contributed by atoms with E-state index in [1.165, 1.54) is 12.8 Å². The van der Waals surface area contributed by atoms with Crippen LogP contribution in [0.3, 0.4) is 0 Å². The third-order valence-corrected chi connectivity index (χ3v) is 2.75. The molecule has 0 aromatic rings. The standard InChI is InChI=1S/C10H17NO2/c12-10(9-5-3-7-13-9)8-4-1-2-6-11-8/h5,8,10-12H,1-4,6-7H2. The Bertz CT molecular complexity index is 197. The predicted molar refractivity (Wildman–Crippen MR) is 50.3 cm³/mol.